The topological polar surface area (TPSA) is 68.9 Å². The second-order valence-corrected chi connectivity index (χ2v) is 7.74. The number of carbonyl (C=O) groups is 1. The second kappa shape index (κ2) is 7.53. The molecule has 6 heteroatoms. The Bertz CT molecular complexity index is 1160. The van der Waals surface area contributed by atoms with Gasteiger partial charge in [-0.25, -0.2) is 4.79 Å². The van der Waals surface area contributed by atoms with Crippen LogP contribution in [0.3, 0.4) is 0 Å². The first-order valence-electron chi connectivity index (χ1n) is 9.69. The quantitative estimate of drug-likeness (QED) is 0.470. The van der Waals surface area contributed by atoms with E-state index < -0.39 is 11.8 Å². The van der Waals surface area contributed by atoms with E-state index in [9.17, 15) is 10.1 Å². The van der Waals surface area contributed by atoms with E-state index in [4.69, 9.17) is 4.84 Å². The van der Waals surface area contributed by atoms with Gasteiger partial charge in [-0.15, -0.1) is 0 Å². The average Bonchev–Trinajstić information content (AvgIpc) is 2.94. The molecule has 0 radical (unpaired) electrons. The highest BCUT2D eigenvalue weighted by Crippen LogP contribution is 2.39. The van der Waals surface area contributed by atoms with Gasteiger partial charge in [-0.2, -0.15) is 5.26 Å². The van der Waals surface area contributed by atoms with E-state index in [1.807, 2.05) is 74.5 Å². The summed E-state index contributed by atoms with van der Waals surface area (Å²) in [5.41, 5.74) is 0.891. The van der Waals surface area contributed by atoms with Crippen molar-refractivity contribution in [2.75, 3.05) is 11.9 Å². The minimum absolute atomic E-state index is 0.159. The zero-order chi connectivity index (χ0) is 21.3. The number of oxime groups is 1. The number of carbonyl (C=O) groups excluding carboxylic acids is 1. The van der Waals surface area contributed by atoms with Crippen molar-refractivity contribution in [3.63, 3.8) is 0 Å². The number of amides is 2. The first kappa shape index (κ1) is 19.5. The number of likely N-dealkylation sites (N-methyl/N-ethyl adjacent to an activating group) is 1. The molecule has 6 nitrogen and oxygen atoms in total. The first-order chi connectivity index (χ1) is 14.4. The fourth-order valence-corrected chi connectivity index (χ4v) is 3.65. The summed E-state index contributed by atoms with van der Waals surface area (Å²) in [5, 5.41) is 15.7. The van der Waals surface area contributed by atoms with Crippen LogP contribution >= 0.6 is 0 Å². The van der Waals surface area contributed by atoms with Gasteiger partial charge in [-0.1, -0.05) is 71.9 Å². The highest BCUT2D eigenvalue weighted by Gasteiger charge is 2.53. The molecule has 0 aliphatic carbocycles. The van der Waals surface area contributed by atoms with Gasteiger partial charge in [0.2, 0.25) is 6.23 Å². The molecular formula is C24H22N4O2. The van der Waals surface area contributed by atoms with Gasteiger partial charge >= 0.3 is 6.03 Å². The number of benzene rings is 3. The number of fused-ring (bicyclic) bond motifs is 1. The van der Waals surface area contributed by atoms with Gasteiger partial charge in [0.15, 0.2) is 5.71 Å². The molecule has 0 bridgehead atoms. The zero-order valence-corrected chi connectivity index (χ0v) is 17.1. The lowest BCUT2D eigenvalue weighted by atomic mass is 10.0. The van der Waals surface area contributed by atoms with Crippen LogP contribution in [-0.4, -0.2) is 35.5 Å². The Morgan fingerprint density at radius 2 is 1.70 bits per heavy atom. The number of nitriles is 1. The third-order valence-corrected chi connectivity index (χ3v) is 5.62. The molecule has 3 aromatic rings. The smallest absolute Gasteiger partial charge is 0.328 e. The lowest BCUT2D eigenvalue weighted by Crippen LogP contribution is -2.46. The van der Waals surface area contributed by atoms with Gasteiger partial charge in [0.05, 0.1) is 11.2 Å². The molecule has 30 heavy (non-hydrogen) atoms. The number of urea groups is 1. The van der Waals surface area contributed by atoms with Gasteiger partial charge in [0, 0.05) is 18.0 Å². The lowest BCUT2D eigenvalue weighted by Gasteiger charge is -2.31. The fraction of sp³-hybridized carbons (Fsp3) is 0.208. The average molecular weight is 398 g/mol. The van der Waals surface area contributed by atoms with Gasteiger partial charge in [0.25, 0.3) is 0 Å². The molecule has 4 rings (SSSR count). The molecule has 1 aliphatic heterocycles. The van der Waals surface area contributed by atoms with E-state index in [1.165, 1.54) is 0 Å². The molecule has 1 aliphatic rings. The summed E-state index contributed by atoms with van der Waals surface area (Å²) in [6.07, 6.45) is -0.715. The molecular weight excluding hydrogens is 376 g/mol. The Balaban J connectivity index is 1.78. The van der Waals surface area contributed by atoms with Crippen LogP contribution in [0.1, 0.15) is 19.4 Å². The van der Waals surface area contributed by atoms with Gasteiger partial charge in [0.1, 0.15) is 6.07 Å². The summed E-state index contributed by atoms with van der Waals surface area (Å²) in [6.45, 7) is 3.84. The number of rotatable bonds is 4. The van der Waals surface area contributed by atoms with E-state index in [-0.39, 0.29) is 11.7 Å². The summed E-state index contributed by atoms with van der Waals surface area (Å²) in [5.74, 6) is 0. The molecule has 0 saturated carbocycles. The maximum Gasteiger partial charge on any atom is 0.328 e. The Morgan fingerprint density at radius 3 is 2.43 bits per heavy atom. The number of hydrogen-bond acceptors (Lipinski definition) is 4. The maximum atomic E-state index is 13.2. The molecule has 0 spiro atoms. The highest BCUT2D eigenvalue weighted by molar-refractivity contribution is 6.11. The minimum Gasteiger partial charge on any atom is -0.366 e. The Kier molecular flexibility index (Phi) is 4.88. The third kappa shape index (κ3) is 3.15. The van der Waals surface area contributed by atoms with Crippen LogP contribution in [0, 0.1) is 11.3 Å². The Hall–Kier alpha value is -3.85. The molecule has 150 valence electrons. The van der Waals surface area contributed by atoms with Crippen molar-refractivity contribution < 1.29 is 9.63 Å². The van der Waals surface area contributed by atoms with Crippen molar-refractivity contribution in [3.05, 3.63) is 78.4 Å². The van der Waals surface area contributed by atoms with Gasteiger partial charge in [-0.3, -0.25) is 4.90 Å². The van der Waals surface area contributed by atoms with Crippen LogP contribution in [0.5, 0.6) is 0 Å². The first-order valence-corrected chi connectivity index (χ1v) is 9.69. The van der Waals surface area contributed by atoms with Gasteiger partial charge < -0.3 is 9.74 Å². The minimum atomic E-state index is -0.715. The van der Waals surface area contributed by atoms with Crippen molar-refractivity contribution >= 4 is 28.2 Å². The molecule has 0 aromatic heterocycles. The van der Waals surface area contributed by atoms with Crippen LogP contribution in [0.25, 0.3) is 10.8 Å². The van der Waals surface area contributed by atoms with Crippen molar-refractivity contribution in [2.45, 2.75) is 25.6 Å². The van der Waals surface area contributed by atoms with Crippen molar-refractivity contribution in [3.8, 4) is 6.07 Å². The van der Waals surface area contributed by atoms with E-state index in [0.717, 1.165) is 16.5 Å². The molecule has 2 amide bonds. The predicted octanol–water partition coefficient (Wildman–Crippen LogP) is 4.76. The number of nitrogens with zero attached hydrogens (tertiary/aromatic N) is 4. The van der Waals surface area contributed by atoms with E-state index in [0.29, 0.717) is 5.56 Å². The third-order valence-electron chi connectivity index (χ3n) is 5.62. The van der Waals surface area contributed by atoms with Crippen molar-refractivity contribution in [1.29, 1.82) is 5.26 Å². The number of hydrogen-bond donors (Lipinski definition) is 0. The van der Waals surface area contributed by atoms with Crippen LogP contribution in [-0.2, 0) is 4.84 Å². The van der Waals surface area contributed by atoms with Crippen LogP contribution in [0.2, 0.25) is 0 Å². The van der Waals surface area contributed by atoms with E-state index in [2.05, 4.69) is 11.2 Å². The van der Waals surface area contributed by atoms with E-state index >= 15 is 0 Å². The highest BCUT2D eigenvalue weighted by atomic mass is 16.7. The molecule has 0 N–H and O–H groups in total. The number of anilines is 1. The second-order valence-electron chi connectivity index (χ2n) is 7.74. The molecule has 1 atom stereocenters. The standard InChI is InChI=1S/C24H22N4O2/c1-24(2)22(30-26-20(16-25)18-11-5-4-6-12-18)28(23(29)27(24)3)21-15-9-13-17-10-7-8-14-19(17)21/h4-15,22H,1-3H3. The van der Waals surface area contributed by atoms with Crippen LogP contribution < -0.4 is 4.90 Å². The molecule has 1 heterocycles. The van der Waals surface area contributed by atoms with Crippen LogP contribution in [0.15, 0.2) is 78.0 Å². The Labute approximate surface area is 175 Å². The molecule has 1 fully saturated rings. The summed E-state index contributed by atoms with van der Waals surface area (Å²) in [7, 11) is 1.75. The molecule has 1 saturated heterocycles. The SMILES string of the molecule is CN1C(=O)N(c2cccc3ccccc23)C(ON=C(C#N)c2ccccc2)C1(C)C. The normalized spacial score (nSPS) is 18.5. The summed E-state index contributed by atoms with van der Waals surface area (Å²) < 4.78 is 0. The Morgan fingerprint density at radius 1 is 1.03 bits per heavy atom. The maximum absolute atomic E-state index is 13.2. The van der Waals surface area contributed by atoms with Crippen molar-refractivity contribution in [1.82, 2.24) is 4.90 Å². The monoisotopic (exact) mass is 398 g/mol. The lowest BCUT2D eigenvalue weighted by molar-refractivity contribution is 0.000966. The predicted molar refractivity (Wildman–Crippen MR) is 117 cm³/mol. The molecule has 1 unspecified atom stereocenters. The largest absolute Gasteiger partial charge is 0.366 e. The van der Waals surface area contributed by atoms with Gasteiger partial charge in [-0.05, 0) is 25.3 Å². The fourth-order valence-electron chi connectivity index (χ4n) is 3.65. The van der Waals surface area contributed by atoms with Crippen molar-refractivity contribution in [2.24, 2.45) is 5.16 Å². The summed E-state index contributed by atoms with van der Waals surface area (Å²) in [6, 6.07) is 24.7. The van der Waals surface area contributed by atoms with E-state index in [1.54, 1.807) is 29.0 Å². The zero-order valence-electron chi connectivity index (χ0n) is 17.1. The van der Waals surface area contributed by atoms with Crippen LogP contribution in [0.4, 0.5) is 10.5 Å². The summed E-state index contributed by atoms with van der Waals surface area (Å²) in [4.78, 5) is 22.4. The molecule has 3 aromatic carbocycles. The summed E-state index contributed by atoms with van der Waals surface area (Å²) >= 11 is 0.